The highest BCUT2D eigenvalue weighted by Crippen LogP contribution is 2.40. The fourth-order valence-corrected chi connectivity index (χ4v) is 4.27. The molecule has 1 aliphatic heterocycles. The van der Waals surface area contributed by atoms with E-state index in [4.69, 9.17) is 4.74 Å². The molecule has 2 N–H and O–H groups in total. The molecule has 6 nitrogen and oxygen atoms in total. The predicted molar refractivity (Wildman–Crippen MR) is 116 cm³/mol. The van der Waals surface area contributed by atoms with E-state index in [9.17, 15) is 22.3 Å². The number of aromatic nitrogens is 1. The van der Waals surface area contributed by atoms with Gasteiger partial charge in [-0.25, -0.2) is 17.2 Å². The highest BCUT2D eigenvalue weighted by atomic mass is 32.2. The van der Waals surface area contributed by atoms with Crippen LogP contribution in [-0.4, -0.2) is 36.7 Å². The second kappa shape index (κ2) is 8.07. The van der Waals surface area contributed by atoms with Crippen LogP contribution in [0.4, 0.5) is 8.78 Å². The molecule has 0 saturated heterocycles. The molecule has 0 fully saturated rings. The molecule has 1 aliphatic rings. The van der Waals surface area contributed by atoms with Gasteiger partial charge in [-0.15, -0.1) is 0 Å². The van der Waals surface area contributed by atoms with Crippen molar-refractivity contribution in [2.45, 2.75) is 24.5 Å². The summed E-state index contributed by atoms with van der Waals surface area (Å²) < 4.78 is 57.8. The average Bonchev–Trinajstić information content (AvgIpc) is 3.13. The molecule has 4 rings (SSSR count). The molecular formula is C23H22F2N2O4S. The van der Waals surface area contributed by atoms with E-state index >= 15 is 0 Å². The van der Waals surface area contributed by atoms with Crippen molar-refractivity contribution in [3.05, 3.63) is 82.8 Å². The quantitative estimate of drug-likeness (QED) is 0.591. The first-order valence-corrected chi connectivity index (χ1v) is 11.7. The summed E-state index contributed by atoms with van der Waals surface area (Å²) in [6.45, 7) is 2.20. The summed E-state index contributed by atoms with van der Waals surface area (Å²) in [5, 5.41) is 10.0. The Morgan fingerprint density at radius 2 is 1.81 bits per heavy atom. The Balaban J connectivity index is 1.90. The molecule has 32 heavy (non-hydrogen) atoms. The standard InChI is InChI=1S/C23H22F2N2O4S/c1-13(28)20-10-16-18(11-27(2)12-21(16)26-20)17-9-15(32(3,29)30)5-7-22(17)31-23-6-4-14(24)8-19(23)25/h4-11,13,26,28H,12H2,1-3H3. The first kappa shape index (κ1) is 22.0. The number of aliphatic hydroxyl groups is 1. The predicted octanol–water partition coefficient (Wildman–Crippen LogP) is 4.38. The van der Waals surface area contributed by atoms with Gasteiger partial charge in [-0.2, -0.15) is 0 Å². The minimum atomic E-state index is -3.53. The molecule has 0 amide bonds. The highest BCUT2D eigenvalue weighted by Gasteiger charge is 2.25. The Morgan fingerprint density at radius 1 is 1.09 bits per heavy atom. The van der Waals surface area contributed by atoms with Gasteiger partial charge in [0.25, 0.3) is 0 Å². The molecule has 1 unspecified atom stereocenters. The number of fused-ring (bicyclic) bond motifs is 1. The van der Waals surface area contributed by atoms with E-state index < -0.39 is 27.6 Å². The van der Waals surface area contributed by atoms with Crippen LogP contribution in [0.15, 0.2) is 53.6 Å². The lowest BCUT2D eigenvalue weighted by Crippen LogP contribution is -2.17. The van der Waals surface area contributed by atoms with Crippen molar-refractivity contribution in [1.29, 1.82) is 0 Å². The Kier molecular flexibility index (Phi) is 5.56. The van der Waals surface area contributed by atoms with Gasteiger partial charge in [-0.3, -0.25) is 0 Å². The Hall–Kier alpha value is -3.17. The maximum Gasteiger partial charge on any atom is 0.175 e. The van der Waals surface area contributed by atoms with Crippen LogP contribution in [0.2, 0.25) is 0 Å². The van der Waals surface area contributed by atoms with E-state index in [-0.39, 0.29) is 16.4 Å². The maximum atomic E-state index is 14.3. The van der Waals surface area contributed by atoms with Crippen LogP contribution >= 0.6 is 0 Å². The summed E-state index contributed by atoms with van der Waals surface area (Å²) in [5.41, 5.74) is 3.28. The number of sulfone groups is 1. The monoisotopic (exact) mass is 460 g/mol. The first-order chi connectivity index (χ1) is 15.0. The van der Waals surface area contributed by atoms with Gasteiger partial charge in [0, 0.05) is 53.7 Å². The molecule has 0 aliphatic carbocycles. The van der Waals surface area contributed by atoms with Crippen LogP contribution in [0, 0.1) is 11.6 Å². The minimum Gasteiger partial charge on any atom is -0.454 e. The van der Waals surface area contributed by atoms with Gasteiger partial charge in [-0.05, 0) is 43.3 Å². The number of nitrogens with zero attached hydrogens (tertiary/aromatic N) is 1. The zero-order valence-electron chi connectivity index (χ0n) is 17.7. The number of hydrogen-bond donors (Lipinski definition) is 2. The lowest BCUT2D eigenvalue weighted by Gasteiger charge is -2.24. The second-order valence-corrected chi connectivity index (χ2v) is 9.87. The van der Waals surface area contributed by atoms with Crippen LogP contribution in [0.3, 0.4) is 0 Å². The molecule has 0 saturated carbocycles. The van der Waals surface area contributed by atoms with Crippen molar-refractivity contribution in [1.82, 2.24) is 9.88 Å². The number of halogens is 2. The molecule has 1 aromatic heterocycles. The summed E-state index contributed by atoms with van der Waals surface area (Å²) in [5.74, 6) is -1.60. The van der Waals surface area contributed by atoms with E-state index in [0.717, 1.165) is 23.6 Å². The average molecular weight is 461 g/mol. The van der Waals surface area contributed by atoms with E-state index in [1.54, 1.807) is 13.0 Å². The topological polar surface area (TPSA) is 82.6 Å². The Bertz CT molecular complexity index is 1330. The van der Waals surface area contributed by atoms with E-state index in [1.807, 2.05) is 18.1 Å². The third-order valence-corrected chi connectivity index (χ3v) is 6.31. The van der Waals surface area contributed by atoms with Gasteiger partial charge >= 0.3 is 0 Å². The number of H-pyrrole nitrogens is 1. The number of nitrogens with one attached hydrogen (secondary N) is 1. The van der Waals surface area contributed by atoms with Crippen molar-refractivity contribution < 1.29 is 27.0 Å². The molecule has 9 heteroatoms. The molecule has 0 bridgehead atoms. The van der Waals surface area contributed by atoms with Crippen molar-refractivity contribution in [2.75, 3.05) is 13.3 Å². The van der Waals surface area contributed by atoms with Gasteiger partial charge in [-0.1, -0.05) is 0 Å². The molecule has 2 heterocycles. The molecule has 3 aromatic rings. The van der Waals surface area contributed by atoms with Crippen LogP contribution in [-0.2, 0) is 16.4 Å². The van der Waals surface area contributed by atoms with E-state index in [0.29, 0.717) is 29.4 Å². The fourth-order valence-electron chi connectivity index (χ4n) is 3.63. The van der Waals surface area contributed by atoms with Crippen LogP contribution in [0.25, 0.3) is 5.57 Å². The van der Waals surface area contributed by atoms with Gasteiger partial charge in [0.1, 0.15) is 11.6 Å². The SMILES string of the molecule is CC(O)c1cc2c([nH]1)CN(C)C=C2c1cc(S(C)(=O)=O)ccc1Oc1ccc(F)cc1F. The molecule has 168 valence electrons. The van der Waals surface area contributed by atoms with Crippen LogP contribution < -0.4 is 4.74 Å². The zero-order valence-corrected chi connectivity index (χ0v) is 18.5. The smallest absolute Gasteiger partial charge is 0.175 e. The number of hydrogen-bond acceptors (Lipinski definition) is 5. The molecule has 0 radical (unpaired) electrons. The van der Waals surface area contributed by atoms with Crippen molar-refractivity contribution in [3.8, 4) is 11.5 Å². The van der Waals surface area contributed by atoms with Crippen molar-refractivity contribution in [3.63, 3.8) is 0 Å². The number of aromatic amines is 1. The van der Waals surface area contributed by atoms with Crippen molar-refractivity contribution >= 4 is 15.4 Å². The Morgan fingerprint density at radius 3 is 2.47 bits per heavy atom. The van der Waals surface area contributed by atoms with E-state index in [2.05, 4.69) is 4.98 Å². The normalized spacial score (nSPS) is 14.7. The summed E-state index contributed by atoms with van der Waals surface area (Å²) in [6, 6.07) is 9.06. The molecular weight excluding hydrogens is 438 g/mol. The molecule has 1 atom stereocenters. The highest BCUT2D eigenvalue weighted by molar-refractivity contribution is 7.90. The molecule has 0 spiro atoms. The number of benzene rings is 2. The Labute approximate surface area is 184 Å². The van der Waals surface area contributed by atoms with Gasteiger partial charge < -0.3 is 19.7 Å². The number of aliphatic hydroxyl groups excluding tert-OH is 1. The fraction of sp³-hybridized carbons (Fsp3) is 0.217. The van der Waals surface area contributed by atoms with Gasteiger partial charge in [0.05, 0.1) is 17.5 Å². The summed E-state index contributed by atoms with van der Waals surface area (Å²) in [6.07, 6.45) is 2.21. The van der Waals surface area contributed by atoms with Crippen molar-refractivity contribution in [2.24, 2.45) is 0 Å². The molecule has 2 aromatic carbocycles. The minimum absolute atomic E-state index is 0.0707. The summed E-state index contributed by atoms with van der Waals surface area (Å²) >= 11 is 0. The van der Waals surface area contributed by atoms with Crippen LogP contribution in [0.1, 0.15) is 35.5 Å². The number of rotatable bonds is 5. The third kappa shape index (κ3) is 4.26. The second-order valence-electron chi connectivity index (χ2n) is 7.86. The largest absolute Gasteiger partial charge is 0.454 e. The lowest BCUT2D eigenvalue weighted by atomic mass is 9.95. The first-order valence-electron chi connectivity index (χ1n) is 9.82. The maximum absolute atomic E-state index is 14.3. The summed E-state index contributed by atoms with van der Waals surface area (Å²) in [4.78, 5) is 5.17. The van der Waals surface area contributed by atoms with Gasteiger partial charge in [0.2, 0.25) is 0 Å². The zero-order chi connectivity index (χ0) is 23.2. The number of ether oxygens (including phenoxy) is 1. The summed E-state index contributed by atoms with van der Waals surface area (Å²) in [7, 11) is -1.68. The van der Waals surface area contributed by atoms with E-state index in [1.165, 1.54) is 24.3 Å². The third-order valence-electron chi connectivity index (χ3n) is 5.20. The van der Waals surface area contributed by atoms with Gasteiger partial charge in [0.15, 0.2) is 21.4 Å². The lowest BCUT2D eigenvalue weighted by molar-refractivity contribution is 0.194. The van der Waals surface area contributed by atoms with Crippen LogP contribution in [0.5, 0.6) is 11.5 Å².